The van der Waals surface area contributed by atoms with Crippen LogP contribution in [0.15, 0.2) is 18.6 Å². The zero-order valence-corrected chi connectivity index (χ0v) is 12.4. The zero-order valence-electron chi connectivity index (χ0n) is 12.4. The van der Waals surface area contributed by atoms with E-state index in [-0.39, 0.29) is 0 Å². The number of aromatic amines is 1. The number of likely N-dealkylation sites (N-methyl/N-ethyl adjacent to an activating group) is 1. The van der Waals surface area contributed by atoms with Crippen molar-refractivity contribution in [3.8, 4) is 0 Å². The van der Waals surface area contributed by atoms with Gasteiger partial charge in [-0.15, -0.1) is 0 Å². The molecule has 2 amide bonds. The fourth-order valence-electron chi connectivity index (χ4n) is 2.08. The predicted octanol–water partition coefficient (Wildman–Crippen LogP) is 1.40. The number of carbonyl (C=O) groups is 2. The monoisotopic (exact) mass is 289 g/mol. The van der Waals surface area contributed by atoms with Gasteiger partial charge in [0.25, 0.3) is 0 Å². The van der Waals surface area contributed by atoms with Gasteiger partial charge in [0.15, 0.2) is 0 Å². The maximum atomic E-state index is 12.2. The number of carbonyl (C=O) groups excluding carboxylic acids is 2. The Labute approximate surface area is 122 Å². The predicted molar refractivity (Wildman–Crippen MR) is 79.6 cm³/mol. The van der Waals surface area contributed by atoms with Crippen molar-refractivity contribution in [3.05, 3.63) is 18.6 Å². The van der Waals surface area contributed by atoms with E-state index in [1.165, 1.54) is 11.1 Å². The number of rotatable bonds is 4. The minimum absolute atomic E-state index is 0.305. The number of aromatic nitrogens is 3. The fourth-order valence-corrected chi connectivity index (χ4v) is 2.08. The zero-order chi connectivity index (χ0) is 15.4. The number of fused-ring (bicyclic) bond motifs is 1. The number of pyridine rings is 1. The quantitative estimate of drug-likeness (QED) is 0.832. The lowest BCUT2D eigenvalue weighted by molar-refractivity contribution is -0.143. The van der Waals surface area contributed by atoms with Crippen LogP contribution in [-0.4, -0.2) is 45.0 Å². The van der Waals surface area contributed by atoms with Crippen LogP contribution in [0.2, 0.25) is 0 Å². The Hall–Kier alpha value is -2.44. The van der Waals surface area contributed by atoms with Gasteiger partial charge >= 0.3 is 11.8 Å². The van der Waals surface area contributed by atoms with E-state index < -0.39 is 11.8 Å². The molecule has 2 aromatic rings. The average molecular weight is 289 g/mol. The van der Waals surface area contributed by atoms with E-state index in [4.69, 9.17) is 0 Å². The second kappa shape index (κ2) is 6.34. The summed E-state index contributed by atoms with van der Waals surface area (Å²) >= 11 is 0. The molecule has 7 heteroatoms. The summed E-state index contributed by atoms with van der Waals surface area (Å²) in [5.74, 6) is -0.900. The first kappa shape index (κ1) is 15.0. The van der Waals surface area contributed by atoms with E-state index in [1.807, 2.05) is 20.8 Å². The third-order valence-corrected chi connectivity index (χ3v) is 3.05. The smallest absolute Gasteiger partial charge is 0.314 e. The Morgan fingerprint density at radius 3 is 2.76 bits per heavy atom. The Balaban J connectivity index is 2.13. The Morgan fingerprint density at radius 1 is 1.33 bits per heavy atom. The van der Waals surface area contributed by atoms with E-state index >= 15 is 0 Å². The summed E-state index contributed by atoms with van der Waals surface area (Å²) in [7, 11) is 0. The van der Waals surface area contributed by atoms with Gasteiger partial charge in [0.2, 0.25) is 0 Å². The van der Waals surface area contributed by atoms with Crippen LogP contribution in [0.5, 0.6) is 0 Å². The summed E-state index contributed by atoms with van der Waals surface area (Å²) in [5.41, 5.74) is 1.10. The van der Waals surface area contributed by atoms with Crippen molar-refractivity contribution in [2.75, 3.05) is 18.4 Å². The van der Waals surface area contributed by atoms with E-state index in [0.29, 0.717) is 30.2 Å². The molecule has 0 aromatic carbocycles. The summed E-state index contributed by atoms with van der Waals surface area (Å²) in [5, 5.41) is 10.0. The molecule has 0 bridgehead atoms. The van der Waals surface area contributed by atoms with E-state index in [0.717, 1.165) is 5.39 Å². The van der Waals surface area contributed by atoms with Crippen molar-refractivity contribution >= 4 is 28.4 Å². The number of H-pyrrole nitrogens is 1. The maximum Gasteiger partial charge on any atom is 0.314 e. The molecule has 0 aliphatic rings. The molecule has 0 radical (unpaired) electrons. The second-order valence-corrected chi connectivity index (χ2v) is 5.21. The van der Waals surface area contributed by atoms with Crippen molar-refractivity contribution in [2.45, 2.75) is 20.8 Å². The largest absolute Gasteiger partial charge is 0.334 e. The molecular formula is C14H19N5O2. The van der Waals surface area contributed by atoms with Crippen molar-refractivity contribution in [1.29, 1.82) is 0 Å². The maximum absolute atomic E-state index is 12.2. The molecule has 2 rings (SSSR count). The highest BCUT2D eigenvalue weighted by atomic mass is 16.2. The van der Waals surface area contributed by atoms with Crippen LogP contribution >= 0.6 is 0 Å². The summed E-state index contributed by atoms with van der Waals surface area (Å²) in [6.07, 6.45) is 4.73. The molecule has 0 atom stereocenters. The Morgan fingerprint density at radius 2 is 2.10 bits per heavy atom. The molecular weight excluding hydrogens is 270 g/mol. The highest BCUT2D eigenvalue weighted by Crippen LogP contribution is 2.18. The first-order valence-corrected chi connectivity index (χ1v) is 6.90. The highest BCUT2D eigenvalue weighted by Gasteiger charge is 2.22. The second-order valence-electron chi connectivity index (χ2n) is 5.21. The van der Waals surface area contributed by atoms with Crippen molar-refractivity contribution < 1.29 is 9.59 Å². The van der Waals surface area contributed by atoms with Crippen LogP contribution in [0, 0.1) is 5.92 Å². The fraction of sp³-hybridized carbons (Fsp3) is 0.429. The summed E-state index contributed by atoms with van der Waals surface area (Å²) in [6, 6.07) is 0. The van der Waals surface area contributed by atoms with Gasteiger partial charge < -0.3 is 10.2 Å². The lowest BCUT2D eigenvalue weighted by Crippen LogP contribution is -2.41. The summed E-state index contributed by atoms with van der Waals surface area (Å²) < 4.78 is 0. The van der Waals surface area contributed by atoms with Gasteiger partial charge in [0.05, 0.1) is 23.6 Å². The highest BCUT2D eigenvalue weighted by molar-refractivity contribution is 6.40. The normalized spacial score (nSPS) is 10.9. The summed E-state index contributed by atoms with van der Waals surface area (Å²) in [6.45, 7) is 6.91. The molecule has 0 fully saturated rings. The third kappa shape index (κ3) is 3.36. The summed E-state index contributed by atoms with van der Waals surface area (Å²) in [4.78, 5) is 29.8. The standard InChI is InChI=1S/C14H19N5O2/c1-4-19(8-9(2)3)14(21)13(20)17-11-7-15-5-10-6-16-18-12(10)11/h5-7,9H,4,8H2,1-3H3,(H,16,18)(H,17,20). The van der Waals surface area contributed by atoms with Gasteiger partial charge in [0, 0.05) is 24.7 Å². The number of nitrogens with zero attached hydrogens (tertiary/aromatic N) is 3. The third-order valence-electron chi connectivity index (χ3n) is 3.05. The molecule has 2 N–H and O–H groups in total. The van der Waals surface area contributed by atoms with E-state index in [9.17, 15) is 9.59 Å². The van der Waals surface area contributed by atoms with Crippen molar-refractivity contribution in [3.63, 3.8) is 0 Å². The van der Waals surface area contributed by atoms with Gasteiger partial charge in [-0.25, -0.2) is 0 Å². The van der Waals surface area contributed by atoms with Gasteiger partial charge in [-0.3, -0.25) is 19.7 Å². The lowest BCUT2D eigenvalue weighted by atomic mass is 10.2. The minimum atomic E-state index is -0.665. The average Bonchev–Trinajstić information content (AvgIpc) is 2.93. The topological polar surface area (TPSA) is 91.0 Å². The lowest BCUT2D eigenvalue weighted by Gasteiger charge is -2.22. The molecule has 112 valence electrons. The van der Waals surface area contributed by atoms with Crippen LogP contribution in [0.3, 0.4) is 0 Å². The van der Waals surface area contributed by atoms with Gasteiger partial charge in [-0.05, 0) is 12.8 Å². The van der Waals surface area contributed by atoms with Gasteiger partial charge in [-0.2, -0.15) is 5.10 Å². The van der Waals surface area contributed by atoms with Crippen LogP contribution in [0.4, 0.5) is 5.69 Å². The molecule has 0 aliphatic carbocycles. The van der Waals surface area contributed by atoms with Crippen LogP contribution in [0.1, 0.15) is 20.8 Å². The van der Waals surface area contributed by atoms with Crippen molar-refractivity contribution in [1.82, 2.24) is 20.1 Å². The van der Waals surface area contributed by atoms with Crippen molar-refractivity contribution in [2.24, 2.45) is 5.92 Å². The number of anilines is 1. The first-order chi connectivity index (χ1) is 10.0. The van der Waals surface area contributed by atoms with E-state index in [1.54, 1.807) is 12.4 Å². The van der Waals surface area contributed by atoms with Crippen LogP contribution in [-0.2, 0) is 9.59 Å². The number of hydrogen-bond acceptors (Lipinski definition) is 4. The molecule has 0 saturated heterocycles. The molecule has 2 heterocycles. The molecule has 21 heavy (non-hydrogen) atoms. The van der Waals surface area contributed by atoms with Crippen LogP contribution in [0.25, 0.3) is 10.9 Å². The SMILES string of the molecule is CCN(CC(C)C)C(=O)C(=O)Nc1cncc2cn[nH]c12. The number of nitrogens with one attached hydrogen (secondary N) is 2. The molecule has 7 nitrogen and oxygen atoms in total. The van der Waals surface area contributed by atoms with E-state index in [2.05, 4.69) is 20.5 Å². The molecule has 0 spiro atoms. The molecule has 2 aromatic heterocycles. The molecule has 0 aliphatic heterocycles. The number of hydrogen-bond donors (Lipinski definition) is 2. The Kier molecular flexibility index (Phi) is 4.52. The first-order valence-electron chi connectivity index (χ1n) is 6.90. The minimum Gasteiger partial charge on any atom is -0.334 e. The van der Waals surface area contributed by atoms with Gasteiger partial charge in [0.1, 0.15) is 0 Å². The van der Waals surface area contributed by atoms with Gasteiger partial charge in [-0.1, -0.05) is 13.8 Å². The molecule has 0 saturated carbocycles. The Bertz CT molecular complexity index is 650. The molecule has 0 unspecified atom stereocenters. The number of amides is 2. The van der Waals surface area contributed by atoms with Crippen LogP contribution < -0.4 is 5.32 Å².